The Kier molecular flexibility index (Phi) is 1.51. The summed E-state index contributed by atoms with van der Waals surface area (Å²) in [4.78, 5) is 18.1. The van der Waals surface area contributed by atoms with Gasteiger partial charge in [-0.3, -0.25) is 4.79 Å². The molecule has 0 fully saturated rings. The van der Waals surface area contributed by atoms with E-state index in [-0.39, 0.29) is 5.56 Å². The highest BCUT2D eigenvalue weighted by molar-refractivity contribution is 7.18. The van der Waals surface area contributed by atoms with Crippen molar-refractivity contribution in [3.05, 3.63) is 27.1 Å². The van der Waals surface area contributed by atoms with Crippen molar-refractivity contribution in [3.63, 3.8) is 0 Å². The molecule has 1 N–H and O–H groups in total. The number of H-pyrrole nitrogens is 1. The minimum Gasteiger partial charge on any atom is -0.325 e. The maximum Gasteiger partial charge on any atom is 0.275 e. The Hall–Kier alpha value is -1.16. The first-order chi connectivity index (χ1) is 5.66. The quantitative estimate of drug-likeness (QED) is 0.669. The molecule has 0 amide bonds. The molecule has 0 aliphatic heterocycles. The second-order valence-corrected chi connectivity index (χ2v) is 3.96. The zero-order valence-corrected chi connectivity index (χ0v) is 7.66. The predicted molar refractivity (Wildman–Crippen MR) is 49.7 cm³/mol. The first-order valence-electron chi connectivity index (χ1n) is 3.64. The maximum absolute atomic E-state index is 11.3. The monoisotopic (exact) mass is 180 g/mol. The molecule has 2 aromatic rings. The number of aromatic nitrogens is 2. The van der Waals surface area contributed by atoms with Crippen molar-refractivity contribution in [1.82, 2.24) is 9.97 Å². The topological polar surface area (TPSA) is 45.8 Å². The number of aryl methyl sites for hydroxylation is 2. The van der Waals surface area contributed by atoms with Gasteiger partial charge in [-0.2, -0.15) is 0 Å². The van der Waals surface area contributed by atoms with Crippen molar-refractivity contribution in [2.75, 3.05) is 0 Å². The molecule has 62 valence electrons. The van der Waals surface area contributed by atoms with Crippen LogP contribution in [-0.2, 0) is 0 Å². The summed E-state index contributed by atoms with van der Waals surface area (Å²) in [5, 5.41) is 0.932. The molecular weight excluding hydrogens is 172 g/mol. The normalized spacial score (nSPS) is 10.8. The van der Waals surface area contributed by atoms with Gasteiger partial charge in [-0.25, -0.2) is 4.98 Å². The molecule has 2 heterocycles. The number of nitrogens with zero attached hydrogens (tertiary/aromatic N) is 1. The van der Waals surface area contributed by atoms with Gasteiger partial charge in [0, 0.05) is 5.69 Å². The van der Waals surface area contributed by atoms with Crippen molar-refractivity contribution in [2.24, 2.45) is 0 Å². The fourth-order valence-corrected chi connectivity index (χ4v) is 2.10. The lowest BCUT2D eigenvalue weighted by atomic mass is 10.4. The highest BCUT2D eigenvalue weighted by atomic mass is 32.1. The van der Waals surface area contributed by atoms with Crippen LogP contribution in [0.5, 0.6) is 0 Å². The third-order valence-corrected chi connectivity index (χ3v) is 2.55. The lowest BCUT2D eigenvalue weighted by molar-refractivity contribution is 1.16. The molecule has 2 rings (SSSR count). The van der Waals surface area contributed by atoms with Crippen LogP contribution < -0.4 is 5.56 Å². The first-order valence-corrected chi connectivity index (χ1v) is 4.45. The molecule has 0 atom stereocenters. The molecule has 0 aliphatic carbocycles. The second-order valence-electron chi connectivity index (χ2n) is 2.73. The van der Waals surface area contributed by atoms with Gasteiger partial charge in [0.25, 0.3) is 5.56 Å². The smallest absolute Gasteiger partial charge is 0.275 e. The summed E-state index contributed by atoms with van der Waals surface area (Å²) in [5.41, 5.74) is 1.36. The molecule has 4 heteroatoms. The van der Waals surface area contributed by atoms with Crippen LogP contribution in [0.4, 0.5) is 0 Å². The average Bonchev–Trinajstić information content (AvgIpc) is 2.29. The minimum absolute atomic E-state index is 0.0886. The summed E-state index contributed by atoms with van der Waals surface area (Å²) in [6.45, 7) is 3.77. The number of rotatable bonds is 0. The van der Waals surface area contributed by atoms with E-state index in [1.807, 2.05) is 19.9 Å². The van der Waals surface area contributed by atoms with Gasteiger partial charge < -0.3 is 4.98 Å². The SMILES string of the molecule is Cc1cc2sc(C)nc2c(=O)[nH]1. The van der Waals surface area contributed by atoms with Gasteiger partial charge in [0.05, 0.1) is 9.71 Å². The van der Waals surface area contributed by atoms with Crippen molar-refractivity contribution < 1.29 is 0 Å². The molecule has 0 spiro atoms. The standard InChI is InChI=1S/C8H8N2OS/c1-4-3-6-7(8(11)9-4)10-5(2)12-6/h3H,1-2H3,(H,9,11). The lowest BCUT2D eigenvalue weighted by Crippen LogP contribution is -2.06. The van der Waals surface area contributed by atoms with Crippen LogP contribution in [0.25, 0.3) is 10.2 Å². The molecule has 3 nitrogen and oxygen atoms in total. The summed E-state index contributed by atoms with van der Waals surface area (Å²) in [6, 6.07) is 1.95. The van der Waals surface area contributed by atoms with Crippen molar-refractivity contribution >= 4 is 21.6 Å². The Bertz CT molecular complexity index is 483. The third kappa shape index (κ3) is 1.04. The summed E-state index contributed by atoms with van der Waals surface area (Å²) >= 11 is 1.55. The van der Waals surface area contributed by atoms with Crippen molar-refractivity contribution in [1.29, 1.82) is 0 Å². The maximum atomic E-state index is 11.3. The van der Waals surface area contributed by atoms with E-state index < -0.39 is 0 Å². The molecule has 2 aromatic heterocycles. The van der Waals surface area contributed by atoms with E-state index in [1.54, 1.807) is 11.3 Å². The molecule has 0 aliphatic rings. The van der Waals surface area contributed by atoms with Gasteiger partial charge in [0.15, 0.2) is 0 Å². The van der Waals surface area contributed by atoms with Crippen LogP contribution in [0.15, 0.2) is 10.9 Å². The van der Waals surface area contributed by atoms with Gasteiger partial charge in [-0.1, -0.05) is 0 Å². The largest absolute Gasteiger partial charge is 0.325 e. The molecule has 0 unspecified atom stereocenters. The number of hydrogen-bond donors (Lipinski definition) is 1. The highest BCUT2D eigenvalue weighted by Gasteiger charge is 2.03. The van der Waals surface area contributed by atoms with Crippen LogP contribution >= 0.6 is 11.3 Å². The molecular formula is C8H8N2OS. The summed E-state index contributed by atoms with van der Waals surface area (Å²) in [7, 11) is 0. The van der Waals surface area contributed by atoms with Crippen LogP contribution in [0.2, 0.25) is 0 Å². The third-order valence-electron chi connectivity index (χ3n) is 1.63. The first kappa shape index (κ1) is 7.49. The van der Waals surface area contributed by atoms with E-state index >= 15 is 0 Å². The van der Waals surface area contributed by atoms with Crippen molar-refractivity contribution in [2.45, 2.75) is 13.8 Å². The number of fused-ring (bicyclic) bond motifs is 1. The molecule has 12 heavy (non-hydrogen) atoms. The molecule has 0 saturated carbocycles. The van der Waals surface area contributed by atoms with Crippen LogP contribution in [0.3, 0.4) is 0 Å². The minimum atomic E-state index is -0.0886. The number of hydrogen-bond acceptors (Lipinski definition) is 3. The van der Waals surface area contributed by atoms with Crippen LogP contribution in [0.1, 0.15) is 10.7 Å². The molecule has 0 bridgehead atoms. The van der Waals surface area contributed by atoms with Crippen LogP contribution in [0, 0.1) is 13.8 Å². The Balaban J connectivity index is 2.98. The second kappa shape index (κ2) is 2.42. The van der Waals surface area contributed by atoms with E-state index in [0.717, 1.165) is 15.4 Å². The number of pyridine rings is 1. The van der Waals surface area contributed by atoms with Crippen molar-refractivity contribution in [3.8, 4) is 0 Å². The highest BCUT2D eigenvalue weighted by Crippen LogP contribution is 2.18. The molecule has 0 saturated heterocycles. The van der Waals surface area contributed by atoms with E-state index in [0.29, 0.717) is 5.52 Å². The van der Waals surface area contributed by atoms with E-state index in [1.165, 1.54) is 0 Å². The Morgan fingerprint density at radius 2 is 2.25 bits per heavy atom. The van der Waals surface area contributed by atoms with E-state index in [2.05, 4.69) is 9.97 Å². The fourth-order valence-electron chi connectivity index (χ4n) is 1.17. The molecule has 0 radical (unpaired) electrons. The summed E-state index contributed by atoms with van der Waals surface area (Å²) < 4.78 is 0.966. The number of nitrogens with one attached hydrogen (secondary N) is 1. The van der Waals surface area contributed by atoms with Gasteiger partial charge in [-0.05, 0) is 19.9 Å². The summed E-state index contributed by atoms with van der Waals surface area (Å²) in [6.07, 6.45) is 0. The van der Waals surface area contributed by atoms with E-state index in [4.69, 9.17) is 0 Å². The Labute approximate surface area is 73.1 Å². The zero-order chi connectivity index (χ0) is 8.72. The van der Waals surface area contributed by atoms with Crippen LogP contribution in [-0.4, -0.2) is 9.97 Å². The number of thiazole rings is 1. The number of aromatic amines is 1. The average molecular weight is 180 g/mol. The fraction of sp³-hybridized carbons (Fsp3) is 0.250. The Morgan fingerprint density at radius 3 is 3.00 bits per heavy atom. The van der Waals surface area contributed by atoms with Gasteiger partial charge in [0.2, 0.25) is 0 Å². The lowest BCUT2D eigenvalue weighted by Gasteiger charge is -1.89. The zero-order valence-electron chi connectivity index (χ0n) is 6.84. The Morgan fingerprint density at radius 1 is 1.50 bits per heavy atom. The van der Waals surface area contributed by atoms with E-state index in [9.17, 15) is 4.79 Å². The van der Waals surface area contributed by atoms with Gasteiger partial charge in [-0.15, -0.1) is 11.3 Å². The van der Waals surface area contributed by atoms with Gasteiger partial charge in [0.1, 0.15) is 5.52 Å². The van der Waals surface area contributed by atoms with Gasteiger partial charge >= 0.3 is 0 Å². The summed E-state index contributed by atoms with van der Waals surface area (Å²) in [5.74, 6) is 0. The molecule has 0 aromatic carbocycles. The predicted octanol–water partition coefficient (Wildman–Crippen LogP) is 1.60.